The highest BCUT2D eigenvalue weighted by Gasteiger charge is 2.39. The van der Waals surface area contributed by atoms with Gasteiger partial charge in [-0.3, -0.25) is 43.2 Å². The third kappa shape index (κ3) is 21.1. The number of carboxylic acid groups (broad SMARTS) is 3. The number of hydrogen-bond acceptors (Lipinski definition) is 11. The second kappa shape index (κ2) is 28.3. The Kier molecular flexibility index (Phi) is 23.3. The molecule has 0 heterocycles. The van der Waals surface area contributed by atoms with E-state index in [0.29, 0.717) is 38.0 Å². The van der Waals surface area contributed by atoms with Crippen LogP contribution in [0.4, 0.5) is 13.2 Å². The minimum absolute atomic E-state index is 0.0305. The van der Waals surface area contributed by atoms with Crippen molar-refractivity contribution >= 4 is 82.8 Å². The fourth-order valence-electron chi connectivity index (χ4n) is 7.05. The van der Waals surface area contributed by atoms with Gasteiger partial charge in [0.25, 0.3) is 0 Å². The van der Waals surface area contributed by atoms with E-state index in [-0.39, 0.29) is 25.7 Å². The van der Waals surface area contributed by atoms with Crippen LogP contribution in [0.1, 0.15) is 81.5 Å². The predicted octanol–water partition coefficient (Wildman–Crippen LogP) is 3.98. The monoisotopic (exact) mass is 1080 g/mol. The van der Waals surface area contributed by atoms with Gasteiger partial charge in [-0.2, -0.15) is 13.2 Å². The van der Waals surface area contributed by atoms with Crippen molar-refractivity contribution in [2.45, 2.75) is 128 Å². The predicted molar refractivity (Wildman–Crippen MR) is 260 cm³/mol. The average Bonchev–Trinajstić information content (AvgIpc) is 3.30. The Morgan fingerprint density at radius 3 is 1.72 bits per heavy atom. The highest BCUT2D eigenvalue weighted by atomic mass is 35.5. The highest BCUT2D eigenvalue weighted by Crippen LogP contribution is 2.27. The number of nitrogens with one attached hydrogen (secondary N) is 6. The van der Waals surface area contributed by atoms with Gasteiger partial charge < -0.3 is 56.8 Å². The van der Waals surface area contributed by atoms with Crippen LogP contribution in [0.2, 0.25) is 10.0 Å². The van der Waals surface area contributed by atoms with Gasteiger partial charge in [-0.15, -0.1) is 0 Å². The van der Waals surface area contributed by atoms with Gasteiger partial charge >= 0.3 is 24.1 Å². The first kappa shape index (κ1) is 61.0. The molecular formula is C49H57Cl2F3N6O14. The summed E-state index contributed by atoms with van der Waals surface area (Å²) in [4.78, 5) is 129. The molecule has 9 N–H and O–H groups in total. The molecule has 0 aliphatic heterocycles. The number of ether oxygens (including phenoxy) is 1. The molecule has 402 valence electrons. The van der Waals surface area contributed by atoms with E-state index in [1.165, 1.54) is 45.0 Å². The lowest BCUT2D eigenvalue weighted by atomic mass is 9.85. The number of hydrogen-bond donors (Lipinski definition) is 9. The van der Waals surface area contributed by atoms with Crippen LogP contribution in [0.15, 0.2) is 66.7 Å². The summed E-state index contributed by atoms with van der Waals surface area (Å²) in [5, 5.41) is 42.4. The quantitative estimate of drug-likeness (QED) is 0.0465. The second-order valence-electron chi connectivity index (χ2n) is 18.1. The normalized spacial score (nSPS) is 13.8. The number of aldehydes is 1. The SMILES string of the molecule is Cc1ccccc1C[C@H](NC(=O)C(CCC(=O)O)NC(=O)[C@H](CC(=O)O)NC(=O)CCC(=O)O)C(=O)N[C@H](C(=O)N[C@@H](Cc1ccc(OCc2c(Cl)cccc2Cl)cc1)C(=O)NC(C=O)CC(F)(F)F)C(C)(C)C. The van der Waals surface area contributed by atoms with E-state index in [1.54, 1.807) is 49.4 Å². The number of alkyl halides is 3. The molecule has 0 aliphatic carbocycles. The summed E-state index contributed by atoms with van der Waals surface area (Å²) in [5.41, 5.74) is 0.748. The van der Waals surface area contributed by atoms with Crippen LogP contribution < -0.4 is 36.6 Å². The van der Waals surface area contributed by atoms with E-state index in [4.69, 9.17) is 33.0 Å². The molecule has 6 amide bonds. The van der Waals surface area contributed by atoms with Crippen molar-refractivity contribution in [3.63, 3.8) is 0 Å². The first-order chi connectivity index (χ1) is 34.6. The van der Waals surface area contributed by atoms with Gasteiger partial charge in [0.15, 0.2) is 0 Å². The fraction of sp³-hybridized carbons (Fsp3) is 0.429. The summed E-state index contributed by atoms with van der Waals surface area (Å²) in [6.07, 6.45) is -11.1. The zero-order valence-corrected chi connectivity index (χ0v) is 42.0. The van der Waals surface area contributed by atoms with E-state index >= 15 is 0 Å². The lowest BCUT2D eigenvalue weighted by Gasteiger charge is -2.33. The van der Waals surface area contributed by atoms with E-state index in [2.05, 4.69) is 26.6 Å². The van der Waals surface area contributed by atoms with Gasteiger partial charge in [-0.1, -0.05) is 86.4 Å². The lowest BCUT2D eigenvalue weighted by molar-refractivity contribution is -0.147. The lowest BCUT2D eigenvalue weighted by Crippen LogP contribution is -2.62. The number of amides is 6. The van der Waals surface area contributed by atoms with Crippen molar-refractivity contribution in [1.82, 2.24) is 31.9 Å². The largest absolute Gasteiger partial charge is 0.489 e. The molecule has 20 nitrogen and oxygen atoms in total. The summed E-state index contributed by atoms with van der Waals surface area (Å²) in [7, 11) is 0. The molecular weight excluding hydrogens is 1020 g/mol. The molecule has 3 rings (SSSR count). The molecule has 0 radical (unpaired) electrons. The summed E-state index contributed by atoms with van der Waals surface area (Å²) in [6, 6.07) is 6.91. The smallest absolute Gasteiger partial charge is 0.391 e. The number of benzene rings is 3. The van der Waals surface area contributed by atoms with Gasteiger partial charge in [0.1, 0.15) is 48.9 Å². The fourth-order valence-corrected chi connectivity index (χ4v) is 7.56. The van der Waals surface area contributed by atoms with Crippen molar-refractivity contribution in [1.29, 1.82) is 0 Å². The van der Waals surface area contributed by atoms with Crippen LogP contribution in [-0.4, -0.2) is 117 Å². The molecule has 0 aromatic heterocycles. The summed E-state index contributed by atoms with van der Waals surface area (Å²) >= 11 is 12.5. The zero-order chi connectivity index (χ0) is 55.5. The second-order valence-corrected chi connectivity index (χ2v) is 18.9. The number of rotatable bonds is 28. The van der Waals surface area contributed by atoms with Crippen LogP contribution in [0, 0.1) is 12.3 Å². The molecule has 0 saturated heterocycles. The van der Waals surface area contributed by atoms with Gasteiger partial charge in [-0.25, -0.2) is 0 Å². The molecule has 2 unspecified atom stereocenters. The number of carbonyl (C=O) groups is 10. The van der Waals surface area contributed by atoms with Crippen LogP contribution in [0.3, 0.4) is 0 Å². The first-order valence-electron chi connectivity index (χ1n) is 22.7. The molecule has 0 aliphatic rings. The zero-order valence-electron chi connectivity index (χ0n) is 40.5. The molecule has 3 aromatic carbocycles. The summed E-state index contributed by atoms with van der Waals surface area (Å²) in [5.74, 6) is -10.8. The molecule has 3 aromatic rings. The molecule has 74 heavy (non-hydrogen) atoms. The van der Waals surface area contributed by atoms with Crippen molar-refractivity contribution in [2.75, 3.05) is 0 Å². The topological polar surface area (TPSA) is 313 Å². The maximum absolute atomic E-state index is 14.5. The highest BCUT2D eigenvalue weighted by molar-refractivity contribution is 6.36. The first-order valence-corrected chi connectivity index (χ1v) is 23.5. The van der Waals surface area contributed by atoms with Crippen LogP contribution in [0.5, 0.6) is 5.75 Å². The molecule has 6 atom stereocenters. The molecule has 0 spiro atoms. The van der Waals surface area contributed by atoms with Crippen molar-refractivity contribution < 1.29 is 81.2 Å². The summed E-state index contributed by atoms with van der Waals surface area (Å²) < 4.78 is 46.0. The van der Waals surface area contributed by atoms with E-state index in [0.717, 1.165) is 0 Å². The van der Waals surface area contributed by atoms with Gasteiger partial charge in [-0.05, 0) is 59.7 Å². The standard InChI is InChI=1S/C49H57Cl2F3N6O14/c1-26-8-5-6-9-28(26)21-36(58-43(69)34(16-18-39(63)64)57-45(71)37(22-41(67)68)56-38(62)17-19-40(65)66)46(72)60-42(48(2,3)4)47(73)59-35(44(70)55-29(24-61)23-49(52,53)54)20-27-12-14-30(15-13-27)74-25-31-32(50)10-7-11-33(31)51/h5-15,24,29,34-37,42H,16-23,25H2,1-4H3,(H,55,70)(H,56,62)(H,57,71)(H,58,69)(H,59,73)(H,60,72)(H,63,64)(H,65,66)(H,67,68)/t29?,34?,35-,36-,37-,42+/m0/s1. The van der Waals surface area contributed by atoms with Crippen LogP contribution in [-0.2, 0) is 67.4 Å². The molecule has 0 fully saturated rings. The molecule has 0 bridgehead atoms. The number of carboxylic acids is 3. The average molecular weight is 1080 g/mol. The van der Waals surface area contributed by atoms with E-state index < -0.39 is 140 Å². The Morgan fingerprint density at radius 2 is 1.16 bits per heavy atom. The number of halogens is 5. The third-order valence-electron chi connectivity index (χ3n) is 11.0. The Morgan fingerprint density at radius 1 is 0.622 bits per heavy atom. The van der Waals surface area contributed by atoms with Crippen LogP contribution in [0.25, 0.3) is 0 Å². The maximum atomic E-state index is 14.5. The number of carbonyl (C=O) groups excluding carboxylic acids is 7. The van der Waals surface area contributed by atoms with Gasteiger partial charge in [0.05, 0.1) is 25.3 Å². The van der Waals surface area contributed by atoms with Crippen LogP contribution >= 0.6 is 23.2 Å². The molecule has 25 heteroatoms. The summed E-state index contributed by atoms with van der Waals surface area (Å²) in [6.45, 7) is 6.22. The Balaban J connectivity index is 1.98. The number of aryl methyl sites for hydroxylation is 1. The Labute approximate surface area is 432 Å². The van der Waals surface area contributed by atoms with Crippen molar-refractivity contribution in [2.24, 2.45) is 5.41 Å². The Hall–Kier alpha value is -7.27. The van der Waals surface area contributed by atoms with Gasteiger partial charge in [0.2, 0.25) is 35.4 Å². The number of aliphatic carboxylic acids is 3. The van der Waals surface area contributed by atoms with Gasteiger partial charge in [0, 0.05) is 41.3 Å². The van der Waals surface area contributed by atoms with E-state index in [1.807, 2.05) is 5.32 Å². The minimum atomic E-state index is -4.87. The van der Waals surface area contributed by atoms with E-state index in [9.17, 15) is 71.3 Å². The maximum Gasteiger partial charge on any atom is 0.391 e. The third-order valence-corrected chi connectivity index (χ3v) is 11.7. The minimum Gasteiger partial charge on any atom is -0.489 e. The molecule has 0 saturated carbocycles. The Bertz CT molecular complexity index is 2510. The van der Waals surface area contributed by atoms with Crippen molar-refractivity contribution in [3.8, 4) is 5.75 Å². The van der Waals surface area contributed by atoms with Crippen molar-refractivity contribution in [3.05, 3.63) is 99.0 Å².